The van der Waals surface area contributed by atoms with Crippen LogP contribution in [0.3, 0.4) is 0 Å². The molecule has 7 nitrogen and oxygen atoms in total. The molecule has 0 unspecified atom stereocenters. The zero-order chi connectivity index (χ0) is 24.6. The molecule has 182 valence electrons. The molecule has 0 radical (unpaired) electrons. The van der Waals surface area contributed by atoms with Crippen molar-refractivity contribution < 1.29 is 25.2 Å². The molecule has 1 aliphatic heterocycles. The van der Waals surface area contributed by atoms with Crippen molar-refractivity contribution in [3.05, 3.63) is 135 Å². The van der Waals surface area contributed by atoms with Gasteiger partial charge in [0.2, 0.25) is 0 Å². The van der Waals surface area contributed by atoms with Gasteiger partial charge in [-0.25, -0.2) is 0 Å². The van der Waals surface area contributed by atoms with Gasteiger partial charge in [-0.3, -0.25) is 0 Å². The summed E-state index contributed by atoms with van der Waals surface area (Å²) in [4.78, 5) is 3.82. The molecule has 3 aromatic carbocycles. The van der Waals surface area contributed by atoms with E-state index in [9.17, 15) is 5.11 Å². The van der Waals surface area contributed by atoms with E-state index >= 15 is 0 Å². The van der Waals surface area contributed by atoms with Crippen molar-refractivity contribution in [3.63, 3.8) is 0 Å². The van der Waals surface area contributed by atoms with Crippen LogP contribution in [0.4, 0.5) is 11.4 Å². The number of phenols is 1. The van der Waals surface area contributed by atoms with Crippen molar-refractivity contribution in [2.75, 3.05) is 9.80 Å². The number of aromatic nitrogens is 4. The van der Waals surface area contributed by atoms with E-state index in [2.05, 4.69) is 32.5 Å². The number of aromatic hydroxyl groups is 1. The first-order chi connectivity index (χ1) is 17.8. The van der Waals surface area contributed by atoms with Gasteiger partial charge in [0.1, 0.15) is 5.75 Å². The summed E-state index contributed by atoms with van der Waals surface area (Å²) in [6.07, 6.45) is 7.13. The number of hydrogen-bond acceptors (Lipinski definition) is 7. The third kappa shape index (κ3) is 6.44. The Bertz CT molecular complexity index is 1380. The minimum Gasteiger partial charge on any atom is -0.506 e. The molecular formula is C29H21IrN6O. The molecule has 0 spiro atoms. The van der Waals surface area contributed by atoms with Gasteiger partial charge in [-0.05, 0) is 36.7 Å². The fraction of sp³-hybridized carbons (Fsp3) is 0. The fourth-order valence-electron chi connectivity index (χ4n) is 3.52. The normalized spacial score (nSPS) is 11.9. The Morgan fingerprint density at radius 1 is 0.676 bits per heavy atom. The number of nitrogens with zero attached hydrogens (tertiary/aromatic N) is 6. The molecule has 37 heavy (non-hydrogen) atoms. The molecule has 0 amide bonds. The van der Waals surface area contributed by atoms with Gasteiger partial charge in [-0.15, -0.1) is 36.6 Å². The van der Waals surface area contributed by atoms with E-state index in [1.165, 1.54) is 0 Å². The number of anilines is 2. The average Bonchev–Trinajstić information content (AvgIpc) is 3.45. The van der Waals surface area contributed by atoms with E-state index in [-0.39, 0.29) is 25.9 Å². The summed E-state index contributed by atoms with van der Waals surface area (Å²) in [7, 11) is 0. The predicted molar refractivity (Wildman–Crippen MR) is 139 cm³/mol. The molecule has 8 heteroatoms. The Morgan fingerprint density at radius 3 is 1.92 bits per heavy atom. The van der Waals surface area contributed by atoms with E-state index in [0.29, 0.717) is 0 Å². The van der Waals surface area contributed by atoms with Crippen LogP contribution < -0.4 is 9.80 Å². The molecule has 0 saturated heterocycles. The molecule has 1 aliphatic rings. The maximum Gasteiger partial charge on any atom is 3.00 e. The molecule has 2 aromatic heterocycles. The summed E-state index contributed by atoms with van der Waals surface area (Å²) in [6.45, 7) is 1.90. The standard InChI is InChI=1S/C15H12N2O.C14H9N4.Ir/c18-15-9-5-4-8-14(15)17-11-10-16(12-17)13-6-2-1-3-7-13;1-4-11(13-6-2-8-15-17-13)10-12(5-1)14-7-3-9-16-18-14;/h1-6,8-12,18H;1-9H;/q-2;-1;+3. The number of para-hydroxylation sites is 3. The van der Waals surface area contributed by atoms with Crippen LogP contribution in [0, 0.1) is 18.8 Å². The monoisotopic (exact) mass is 662 g/mol. The van der Waals surface area contributed by atoms with E-state index in [1.807, 2.05) is 108 Å². The van der Waals surface area contributed by atoms with Crippen LogP contribution in [0.15, 0.2) is 116 Å². The molecule has 0 bridgehead atoms. The third-order valence-electron chi connectivity index (χ3n) is 5.26. The minimum absolute atomic E-state index is 0. The van der Waals surface area contributed by atoms with Crippen molar-refractivity contribution in [1.29, 1.82) is 0 Å². The largest absolute Gasteiger partial charge is 3.00 e. The van der Waals surface area contributed by atoms with Crippen molar-refractivity contribution in [1.82, 2.24) is 20.4 Å². The maximum atomic E-state index is 9.81. The topological polar surface area (TPSA) is 78.3 Å². The molecule has 0 atom stereocenters. The molecule has 0 aliphatic carbocycles. The molecule has 3 heterocycles. The van der Waals surface area contributed by atoms with Gasteiger partial charge in [0.05, 0.1) is 5.69 Å². The van der Waals surface area contributed by atoms with Gasteiger partial charge < -0.3 is 14.9 Å². The van der Waals surface area contributed by atoms with Crippen LogP contribution in [-0.4, -0.2) is 25.5 Å². The first kappa shape index (κ1) is 25.7. The van der Waals surface area contributed by atoms with E-state index in [1.54, 1.807) is 24.5 Å². The van der Waals surface area contributed by atoms with Gasteiger partial charge >= 0.3 is 20.1 Å². The summed E-state index contributed by atoms with van der Waals surface area (Å²) in [6, 6.07) is 34.8. The number of hydrogen-bond donors (Lipinski definition) is 1. The smallest absolute Gasteiger partial charge is 0.506 e. The van der Waals surface area contributed by atoms with Crippen molar-refractivity contribution in [2.24, 2.45) is 0 Å². The van der Waals surface area contributed by atoms with Crippen LogP contribution in [0.1, 0.15) is 0 Å². The van der Waals surface area contributed by atoms with E-state index in [0.717, 1.165) is 33.9 Å². The maximum absolute atomic E-state index is 9.81. The SMILES string of the molecule is Oc1ccccc1N1C=CN(c2[c-]cccc2)[CH-]1.[Ir+3].[c-]1c(-c2cccnn2)cccc1-c1cccnn1. The van der Waals surface area contributed by atoms with Crippen molar-refractivity contribution >= 4 is 11.4 Å². The number of phenolic OH excluding ortho intramolecular Hbond substituents is 1. The van der Waals surface area contributed by atoms with Gasteiger partial charge in [0, 0.05) is 23.8 Å². The van der Waals surface area contributed by atoms with Crippen LogP contribution in [0.2, 0.25) is 0 Å². The molecule has 6 rings (SSSR count). The second-order valence-electron chi connectivity index (χ2n) is 7.66. The zero-order valence-electron chi connectivity index (χ0n) is 19.5. The van der Waals surface area contributed by atoms with Gasteiger partial charge in [0.15, 0.2) is 0 Å². The second-order valence-corrected chi connectivity index (χ2v) is 7.66. The zero-order valence-corrected chi connectivity index (χ0v) is 21.9. The van der Waals surface area contributed by atoms with Crippen molar-refractivity contribution in [2.45, 2.75) is 0 Å². The Balaban J connectivity index is 0.000000168. The second kappa shape index (κ2) is 12.5. The quantitative estimate of drug-likeness (QED) is 0.255. The number of benzene rings is 3. The van der Waals surface area contributed by atoms with Gasteiger partial charge in [0.25, 0.3) is 0 Å². The summed E-state index contributed by atoms with van der Waals surface area (Å²) in [5.74, 6) is 0.261. The van der Waals surface area contributed by atoms with E-state index < -0.39 is 0 Å². The Labute approximate surface area is 229 Å². The van der Waals surface area contributed by atoms with Gasteiger partial charge in [-0.2, -0.15) is 50.7 Å². The molecule has 1 N–H and O–H groups in total. The summed E-state index contributed by atoms with van der Waals surface area (Å²) < 4.78 is 0. The molecule has 0 saturated carbocycles. The van der Waals surface area contributed by atoms with Gasteiger partial charge in [-0.1, -0.05) is 35.4 Å². The van der Waals surface area contributed by atoms with Crippen molar-refractivity contribution in [3.8, 4) is 28.3 Å². The fourth-order valence-corrected chi connectivity index (χ4v) is 3.52. The van der Waals surface area contributed by atoms with Crippen LogP contribution in [0.5, 0.6) is 5.75 Å². The van der Waals surface area contributed by atoms with E-state index in [4.69, 9.17) is 0 Å². The summed E-state index contributed by atoms with van der Waals surface area (Å²) in [5.41, 5.74) is 5.10. The Hall–Kier alpha value is -4.39. The average molecular weight is 662 g/mol. The Kier molecular flexibility index (Phi) is 8.70. The molecule has 5 aromatic rings. The van der Waals surface area contributed by atoms with Crippen LogP contribution in [0.25, 0.3) is 22.5 Å². The van der Waals surface area contributed by atoms with Crippen LogP contribution >= 0.6 is 0 Å². The first-order valence-corrected chi connectivity index (χ1v) is 11.2. The summed E-state index contributed by atoms with van der Waals surface area (Å²) >= 11 is 0. The molecular weight excluding hydrogens is 641 g/mol. The first-order valence-electron chi connectivity index (χ1n) is 11.2. The Morgan fingerprint density at radius 2 is 1.32 bits per heavy atom. The number of rotatable bonds is 4. The minimum atomic E-state index is 0. The van der Waals surface area contributed by atoms with Crippen LogP contribution in [-0.2, 0) is 20.1 Å². The summed E-state index contributed by atoms with van der Waals surface area (Å²) in [5, 5.41) is 25.7. The molecule has 0 fully saturated rings. The third-order valence-corrected chi connectivity index (χ3v) is 5.26. The predicted octanol–water partition coefficient (Wildman–Crippen LogP) is 5.51.